The van der Waals surface area contributed by atoms with Crippen molar-refractivity contribution in [3.8, 4) is 0 Å². The van der Waals surface area contributed by atoms with Gasteiger partial charge in [-0.05, 0) is 132 Å². The molecule has 0 N–H and O–H groups in total. The average molecular weight is 449 g/mol. The van der Waals surface area contributed by atoms with Crippen LogP contribution in [0.2, 0.25) is 0 Å². The zero-order valence-corrected chi connectivity index (χ0v) is 21.6. The van der Waals surface area contributed by atoms with E-state index in [1.807, 2.05) is 0 Å². The lowest BCUT2D eigenvalue weighted by molar-refractivity contribution is 0.288. The summed E-state index contributed by atoms with van der Waals surface area (Å²) < 4.78 is 0. The fourth-order valence-corrected chi connectivity index (χ4v) is 6.61. The van der Waals surface area contributed by atoms with Crippen molar-refractivity contribution in [1.29, 1.82) is 0 Å². The zero-order chi connectivity index (χ0) is 23.8. The molecule has 0 amide bonds. The van der Waals surface area contributed by atoms with E-state index < -0.39 is 0 Å². The van der Waals surface area contributed by atoms with Gasteiger partial charge in [-0.25, -0.2) is 0 Å². The van der Waals surface area contributed by atoms with E-state index in [4.69, 9.17) is 0 Å². The Morgan fingerprint density at radius 2 is 1.65 bits per heavy atom. The van der Waals surface area contributed by atoms with Crippen LogP contribution in [0.3, 0.4) is 0 Å². The third-order valence-corrected chi connectivity index (χ3v) is 8.63. The molecule has 0 radical (unpaired) electrons. The van der Waals surface area contributed by atoms with Gasteiger partial charge in [-0.2, -0.15) is 0 Å². The first kappa shape index (κ1) is 23.2. The van der Waals surface area contributed by atoms with Crippen LogP contribution in [0.5, 0.6) is 0 Å². The number of benzene rings is 2. The maximum absolute atomic E-state index is 4.52. The van der Waals surface area contributed by atoms with E-state index in [2.05, 4.69) is 82.8 Å². The summed E-state index contributed by atoms with van der Waals surface area (Å²) in [4.78, 5) is 0. The van der Waals surface area contributed by atoms with Crippen molar-refractivity contribution in [3.05, 3.63) is 105 Å². The third-order valence-electron chi connectivity index (χ3n) is 8.63. The van der Waals surface area contributed by atoms with Crippen molar-refractivity contribution in [3.63, 3.8) is 0 Å². The van der Waals surface area contributed by atoms with E-state index >= 15 is 0 Å². The Morgan fingerprint density at radius 3 is 2.38 bits per heavy atom. The lowest BCUT2D eigenvalue weighted by Gasteiger charge is -2.27. The molecule has 2 aromatic rings. The summed E-state index contributed by atoms with van der Waals surface area (Å²) in [5.41, 5.74) is 15.9. The SMILES string of the molecule is C=C(CC1=CCC=C1C1=Cc2c(ccc(C)c2CC2CCC(C)CC2)C1)c1c(C)cccc1C. The molecule has 0 aromatic heterocycles. The van der Waals surface area contributed by atoms with Crippen LogP contribution < -0.4 is 0 Å². The minimum atomic E-state index is 0.862. The lowest BCUT2D eigenvalue weighted by Crippen LogP contribution is -2.15. The van der Waals surface area contributed by atoms with E-state index in [0.29, 0.717) is 0 Å². The molecule has 34 heavy (non-hydrogen) atoms. The highest BCUT2D eigenvalue weighted by Gasteiger charge is 2.26. The molecule has 1 fully saturated rings. The molecule has 176 valence electrons. The quantitative estimate of drug-likeness (QED) is 0.413. The molecular weight excluding hydrogens is 408 g/mol. The molecule has 1 saturated carbocycles. The molecule has 0 aliphatic heterocycles. The van der Waals surface area contributed by atoms with Crippen molar-refractivity contribution in [1.82, 2.24) is 0 Å². The molecular formula is C34H40. The van der Waals surface area contributed by atoms with Gasteiger partial charge in [0.15, 0.2) is 0 Å². The molecule has 3 aliphatic rings. The van der Waals surface area contributed by atoms with Gasteiger partial charge in [0.2, 0.25) is 0 Å². The second-order valence-corrected chi connectivity index (χ2v) is 11.2. The van der Waals surface area contributed by atoms with Gasteiger partial charge in [0.1, 0.15) is 0 Å². The van der Waals surface area contributed by atoms with Gasteiger partial charge in [-0.1, -0.05) is 74.9 Å². The van der Waals surface area contributed by atoms with E-state index in [1.165, 1.54) is 87.8 Å². The van der Waals surface area contributed by atoms with Crippen LogP contribution in [0.4, 0.5) is 0 Å². The van der Waals surface area contributed by atoms with Gasteiger partial charge < -0.3 is 0 Å². The number of aryl methyl sites for hydroxylation is 3. The van der Waals surface area contributed by atoms with E-state index in [-0.39, 0.29) is 0 Å². The molecule has 0 bridgehead atoms. The Balaban J connectivity index is 1.37. The Morgan fingerprint density at radius 1 is 0.912 bits per heavy atom. The fourth-order valence-electron chi connectivity index (χ4n) is 6.61. The van der Waals surface area contributed by atoms with Crippen molar-refractivity contribution >= 4 is 11.6 Å². The zero-order valence-electron chi connectivity index (χ0n) is 21.6. The number of hydrogen-bond donors (Lipinski definition) is 0. The number of hydrogen-bond acceptors (Lipinski definition) is 0. The lowest BCUT2D eigenvalue weighted by atomic mass is 9.78. The fraction of sp³-hybridized carbons (Fsp3) is 0.412. The van der Waals surface area contributed by atoms with E-state index in [1.54, 1.807) is 5.56 Å². The van der Waals surface area contributed by atoms with Crippen LogP contribution in [-0.4, -0.2) is 0 Å². The molecule has 5 rings (SSSR count). The van der Waals surface area contributed by atoms with E-state index in [9.17, 15) is 0 Å². The first-order chi connectivity index (χ1) is 16.4. The Bertz CT molecular complexity index is 1180. The second kappa shape index (κ2) is 9.57. The predicted molar refractivity (Wildman–Crippen MR) is 148 cm³/mol. The minimum absolute atomic E-state index is 0.862. The summed E-state index contributed by atoms with van der Waals surface area (Å²) in [5, 5.41) is 0. The maximum atomic E-state index is 4.52. The number of allylic oxidation sites excluding steroid dienone is 6. The molecule has 0 heterocycles. The summed E-state index contributed by atoms with van der Waals surface area (Å²) in [6.07, 6.45) is 17.3. The molecule has 3 aliphatic carbocycles. The Hall–Kier alpha value is -2.60. The molecule has 2 aromatic carbocycles. The van der Waals surface area contributed by atoms with Gasteiger partial charge in [-0.3, -0.25) is 0 Å². The van der Waals surface area contributed by atoms with Crippen LogP contribution in [-0.2, 0) is 12.8 Å². The third kappa shape index (κ3) is 4.52. The van der Waals surface area contributed by atoms with Crippen LogP contribution >= 0.6 is 0 Å². The maximum Gasteiger partial charge on any atom is -0.00136 e. The summed E-state index contributed by atoms with van der Waals surface area (Å²) in [6.45, 7) is 13.7. The smallest absolute Gasteiger partial charge is 0.00136 e. The highest BCUT2D eigenvalue weighted by Crippen LogP contribution is 2.42. The molecule has 0 saturated heterocycles. The largest absolute Gasteiger partial charge is 0.0949 e. The highest BCUT2D eigenvalue weighted by atomic mass is 14.3. The van der Waals surface area contributed by atoms with Gasteiger partial charge in [0.05, 0.1) is 0 Å². The van der Waals surface area contributed by atoms with Crippen molar-refractivity contribution in [2.45, 2.75) is 79.1 Å². The first-order valence-corrected chi connectivity index (χ1v) is 13.4. The highest BCUT2D eigenvalue weighted by molar-refractivity contribution is 5.77. The Labute approximate surface area is 207 Å². The van der Waals surface area contributed by atoms with Crippen molar-refractivity contribution < 1.29 is 0 Å². The Kier molecular flexibility index (Phi) is 6.52. The summed E-state index contributed by atoms with van der Waals surface area (Å²) in [6, 6.07) is 11.3. The molecule has 0 atom stereocenters. The predicted octanol–water partition coefficient (Wildman–Crippen LogP) is 9.28. The first-order valence-electron chi connectivity index (χ1n) is 13.4. The number of rotatable bonds is 6. The van der Waals surface area contributed by atoms with Crippen LogP contribution in [0.1, 0.15) is 84.4 Å². The van der Waals surface area contributed by atoms with Crippen LogP contribution in [0, 0.1) is 32.6 Å². The normalized spacial score (nSPS) is 21.7. The molecule has 0 nitrogen and oxygen atoms in total. The topological polar surface area (TPSA) is 0 Å². The second-order valence-electron chi connectivity index (χ2n) is 11.2. The van der Waals surface area contributed by atoms with Crippen LogP contribution in [0.25, 0.3) is 11.6 Å². The summed E-state index contributed by atoms with van der Waals surface area (Å²) in [5.74, 6) is 1.78. The van der Waals surface area contributed by atoms with Crippen molar-refractivity contribution in [2.24, 2.45) is 11.8 Å². The summed E-state index contributed by atoms with van der Waals surface area (Å²) >= 11 is 0. The van der Waals surface area contributed by atoms with Crippen molar-refractivity contribution in [2.75, 3.05) is 0 Å². The minimum Gasteiger partial charge on any atom is -0.0949 e. The van der Waals surface area contributed by atoms with E-state index in [0.717, 1.165) is 31.1 Å². The van der Waals surface area contributed by atoms with Gasteiger partial charge in [0.25, 0.3) is 0 Å². The monoisotopic (exact) mass is 448 g/mol. The summed E-state index contributed by atoms with van der Waals surface area (Å²) in [7, 11) is 0. The average Bonchev–Trinajstić information content (AvgIpc) is 3.44. The standard InChI is InChI=1S/C34H40/c1-22-12-15-27(16-13-22)19-32-23(2)14-17-29-20-30(21-33(29)32)31-11-7-10-28(31)18-26(5)34-24(3)8-6-9-25(34)4/h6,8-11,14,17,21-22,27H,5,7,12-13,15-16,18-20H2,1-4H3. The molecule has 0 heteroatoms. The van der Waals surface area contributed by atoms with Crippen LogP contribution in [0.15, 0.2) is 65.8 Å². The number of fused-ring (bicyclic) bond motifs is 1. The molecule has 0 spiro atoms. The van der Waals surface area contributed by atoms with Gasteiger partial charge in [0, 0.05) is 0 Å². The van der Waals surface area contributed by atoms with Gasteiger partial charge >= 0.3 is 0 Å². The van der Waals surface area contributed by atoms with Gasteiger partial charge in [-0.15, -0.1) is 0 Å². The molecule has 0 unspecified atom stereocenters.